The fourth-order valence-corrected chi connectivity index (χ4v) is 3.14. The molecule has 3 rings (SSSR count). The lowest BCUT2D eigenvalue weighted by Crippen LogP contribution is -2.31. The van der Waals surface area contributed by atoms with Gasteiger partial charge in [-0.1, -0.05) is 18.6 Å². The molecule has 0 unspecified atom stereocenters. The first-order chi connectivity index (χ1) is 8.38. The van der Waals surface area contributed by atoms with E-state index in [2.05, 4.69) is 23.1 Å². The zero-order valence-corrected chi connectivity index (χ0v) is 10.5. The second-order valence-electron chi connectivity index (χ2n) is 5.45. The molecule has 0 atom stereocenters. The summed E-state index contributed by atoms with van der Waals surface area (Å²) >= 11 is 0. The van der Waals surface area contributed by atoms with Crippen LogP contribution in [-0.4, -0.2) is 19.6 Å². The minimum absolute atomic E-state index is 0.763. The molecule has 0 bridgehead atoms. The largest absolute Gasteiger partial charge is 0.371 e. The molecular formula is C15H22N2. The number of fused-ring (bicyclic) bond motifs is 1. The van der Waals surface area contributed by atoms with Crippen LogP contribution >= 0.6 is 0 Å². The molecule has 1 saturated carbocycles. The van der Waals surface area contributed by atoms with E-state index in [1.807, 2.05) is 0 Å². The molecule has 1 fully saturated rings. The van der Waals surface area contributed by atoms with Crippen molar-refractivity contribution >= 4 is 5.69 Å². The Morgan fingerprint density at radius 2 is 2.18 bits per heavy atom. The van der Waals surface area contributed by atoms with Crippen LogP contribution in [0.2, 0.25) is 0 Å². The number of nitrogens with zero attached hydrogens (tertiary/aromatic N) is 1. The maximum absolute atomic E-state index is 5.69. The third-order valence-corrected chi connectivity index (χ3v) is 4.34. The van der Waals surface area contributed by atoms with E-state index in [1.165, 1.54) is 50.0 Å². The van der Waals surface area contributed by atoms with E-state index in [1.54, 1.807) is 5.56 Å². The number of benzene rings is 1. The molecule has 1 aromatic carbocycles. The first-order valence-electron chi connectivity index (χ1n) is 6.94. The summed E-state index contributed by atoms with van der Waals surface area (Å²) in [6.45, 7) is 3.26. The first-order valence-corrected chi connectivity index (χ1v) is 6.94. The van der Waals surface area contributed by atoms with Crippen molar-refractivity contribution in [3.8, 4) is 0 Å². The van der Waals surface area contributed by atoms with Gasteiger partial charge in [0.1, 0.15) is 0 Å². The molecule has 0 aromatic heterocycles. The highest BCUT2D eigenvalue weighted by Crippen LogP contribution is 2.34. The van der Waals surface area contributed by atoms with Crippen molar-refractivity contribution < 1.29 is 0 Å². The van der Waals surface area contributed by atoms with Gasteiger partial charge in [0.05, 0.1) is 0 Å². The van der Waals surface area contributed by atoms with Gasteiger partial charge < -0.3 is 10.6 Å². The van der Waals surface area contributed by atoms with E-state index in [0.29, 0.717) is 0 Å². The van der Waals surface area contributed by atoms with Gasteiger partial charge >= 0.3 is 0 Å². The van der Waals surface area contributed by atoms with Crippen molar-refractivity contribution in [2.24, 2.45) is 11.7 Å². The highest BCUT2D eigenvalue weighted by molar-refractivity contribution is 5.61. The SMILES string of the molecule is NCCc1cccc2c1CCN2CC1CCC1. The molecule has 2 heteroatoms. The van der Waals surface area contributed by atoms with Crippen molar-refractivity contribution in [2.45, 2.75) is 32.1 Å². The Morgan fingerprint density at radius 1 is 1.29 bits per heavy atom. The quantitative estimate of drug-likeness (QED) is 0.860. The fraction of sp³-hybridized carbons (Fsp3) is 0.600. The summed E-state index contributed by atoms with van der Waals surface area (Å²) in [5.74, 6) is 0.958. The Balaban J connectivity index is 1.78. The lowest BCUT2D eigenvalue weighted by molar-refractivity contribution is 0.319. The lowest BCUT2D eigenvalue weighted by Gasteiger charge is -2.31. The predicted octanol–water partition coefficient (Wildman–Crippen LogP) is 2.35. The molecule has 1 heterocycles. The molecule has 2 aliphatic rings. The Morgan fingerprint density at radius 3 is 2.88 bits per heavy atom. The molecule has 0 saturated heterocycles. The Kier molecular flexibility index (Phi) is 3.06. The minimum atomic E-state index is 0.763. The van der Waals surface area contributed by atoms with Gasteiger partial charge in [-0.2, -0.15) is 0 Å². The summed E-state index contributed by atoms with van der Waals surface area (Å²) < 4.78 is 0. The van der Waals surface area contributed by atoms with E-state index < -0.39 is 0 Å². The van der Waals surface area contributed by atoms with Crippen LogP contribution in [0.25, 0.3) is 0 Å². The number of hydrogen-bond acceptors (Lipinski definition) is 2. The third-order valence-electron chi connectivity index (χ3n) is 4.34. The Labute approximate surface area is 104 Å². The highest BCUT2D eigenvalue weighted by Gasteiger charge is 2.26. The molecule has 1 aromatic rings. The second kappa shape index (κ2) is 4.69. The van der Waals surface area contributed by atoms with E-state index in [9.17, 15) is 0 Å². The van der Waals surface area contributed by atoms with E-state index >= 15 is 0 Å². The van der Waals surface area contributed by atoms with Crippen LogP contribution in [0.1, 0.15) is 30.4 Å². The van der Waals surface area contributed by atoms with Crippen molar-refractivity contribution in [1.29, 1.82) is 0 Å². The molecular weight excluding hydrogens is 208 g/mol. The molecule has 2 N–H and O–H groups in total. The highest BCUT2D eigenvalue weighted by atomic mass is 15.1. The molecule has 17 heavy (non-hydrogen) atoms. The van der Waals surface area contributed by atoms with Gasteiger partial charge in [0.2, 0.25) is 0 Å². The molecule has 1 aliphatic carbocycles. The van der Waals surface area contributed by atoms with Gasteiger partial charge in [-0.3, -0.25) is 0 Å². The summed E-state index contributed by atoms with van der Waals surface area (Å²) in [5, 5.41) is 0. The standard InChI is InChI=1S/C15H22N2/c16-9-7-13-5-2-6-15-14(13)8-10-17(15)11-12-3-1-4-12/h2,5-6,12H,1,3-4,7-11,16H2. The van der Waals surface area contributed by atoms with E-state index in [0.717, 1.165) is 18.9 Å². The van der Waals surface area contributed by atoms with Crippen molar-refractivity contribution in [2.75, 3.05) is 24.5 Å². The van der Waals surface area contributed by atoms with Gasteiger partial charge in [0.25, 0.3) is 0 Å². The van der Waals surface area contributed by atoms with Crippen molar-refractivity contribution in [3.05, 3.63) is 29.3 Å². The van der Waals surface area contributed by atoms with Crippen molar-refractivity contribution in [1.82, 2.24) is 0 Å². The lowest BCUT2D eigenvalue weighted by atomic mass is 9.85. The molecule has 0 amide bonds. The van der Waals surface area contributed by atoms with Gasteiger partial charge in [0, 0.05) is 18.8 Å². The van der Waals surface area contributed by atoms with Crippen molar-refractivity contribution in [3.63, 3.8) is 0 Å². The summed E-state index contributed by atoms with van der Waals surface area (Å²) in [6, 6.07) is 6.74. The zero-order chi connectivity index (χ0) is 11.7. The summed E-state index contributed by atoms with van der Waals surface area (Å²) in [7, 11) is 0. The second-order valence-corrected chi connectivity index (χ2v) is 5.45. The number of anilines is 1. The number of hydrogen-bond donors (Lipinski definition) is 1. The number of rotatable bonds is 4. The topological polar surface area (TPSA) is 29.3 Å². The zero-order valence-electron chi connectivity index (χ0n) is 10.5. The average molecular weight is 230 g/mol. The smallest absolute Gasteiger partial charge is 0.0402 e. The third kappa shape index (κ3) is 2.06. The maximum Gasteiger partial charge on any atom is 0.0402 e. The van der Waals surface area contributed by atoms with Gasteiger partial charge in [-0.25, -0.2) is 0 Å². The van der Waals surface area contributed by atoms with Crippen LogP contribution in [0.3, 0.4) is 0 Å². The molecule has 2 nitrogen and oxygen atoms in total. The molecule has 92 valence electrons. The van der Waals surface area contributed by atoms with E-state index in [4.69, 9.17) is 5.73 Å². The molecule has 0 spiro atoms. The van der Waals surface area contributed by atoms with Crippen LogP contribution in [0, 0.1) is 5.92 Å². The van der Waals surface area contributed by atoms with Crippen LogP contribution in [0.15, 0.2) is 18.2 Å². The first kappa shape index (κ1) is 11.1. The van der Waals surface area contributed by atoms with Gasteiger partial charge in [-0.15, -0.1) is 0 Å². The van der Waals surface area contributed by atoms with E-state index in [-0.39, 0.29) is 0 Å². The average Bonchev–Trinajstić information content (AvgIpc) is 2.68. The predicted molar refractivity (Wildman–Crippen MR) is 72.5 cm³/mol. The summed E-state index contributed by atoms with van der Waals surface area (Å²) in [6.07, 6.45) is 6.57. The summed E-state index contributed by atoms with van der Waals surface area (Å²) in [4.78, 5) is 2.60. The monoisotopic (exact) mass is 230 g/mol. The van der Waals surface area contributed by atoms with Crippen LogP contribution in [0.4, 0.5) is 5.69 Å². The van der Waals surface area contributed by atoms with Crippen LogP contribution < -0.4 is 10.6 Å². The normalized spacial score (nSPS) is 19.2. The maximum atomic E-state index is 5.69. The van der Waals surface area contributed by atoms with Crippen LogP contribution in [0.5, 0.6) is 0 Å². The van der Waals surface area contributed by atoms with Gasteiger partial charge in [-0.05, 0) is 55.3 Å². The number of nitrogens with two attached hydrogens (primary N) is 1. The van der Waals surface area contributed by atoms with Gasteiger partial charge in [0.15, 0.2) is 0 Å². The minimum Gasteiger partial charge on any atom is -0.371 e. The molecule has 0 radical (unpaired) electrons. The fourth-order valence-electron chi connectivity index (χ4n) is 3.14. The summed E-state index contributed by atoms with van der Waals surface area (Å²) in [5.41, 5.74) is 10.2. The Bertz CT molecular complexity index is 396. The van der Waals surface area contributed by atoms with Crippen LogP contribution in [-0.2, 0) is 12.8 Å². The Hall–Kier alpha value is -1.02. The molecule has 1 aliphatic heterocycles.